The summed E-state index contributed by atoms with van der Waals surface area (Å²) in [6.45, 7) is 6.04. The molecule has 0 spiro atoms. The van der Waals surface area contributed by atoms with E-state index in [0.717, 1.165) is 38.6 Å². The van der Waals surface area contributed by atoms with E-state index >= 15 is 0 Å². The largest absolute Gasteiger partial charge is 0.383 e. The van der Waals surface area contributed by atoms with E-state index in [1.165, 1.54) is 32.1 Å². The average molecular weight is 285 g/mol. The van der Waals surface area contributed by atoms with Gasteiger partial charge in [-0.3, -0.25) is 4.99 Å². The Balaban J connectivity index is 2.08. The third-order valence-electron chi connectivity index (χ3n) is 3.42. The monoisotopic (exact) mass is 285 g/mol. The predicted molar refractivity (Wildman–Crippen MR) is 83.3 cm³/mol. The van der Waals surface area contributed by atoms with Gasteiger partial charge >= 0.3 is 0 Å². The lowest BCUT2D eigenvalue weighted by Gasteiger charge is -2.21. The van der Waals surface area contributed by atoms with Crippen LogP contribution in [0.2, 0.25) is 0 Å². The molecule has 0 atom stereocenters. The molecular formula is C15H31N3O2. The molecule has 0 aromatic rings. The zero-order valence-electron chi connectivity index (χ0n) is 13.1. The molecule has 118 valence electrons. The molecule has 1 saturated carbocycles. The Morgan fingerprint density at radius 1 is 1.15 bits per heavy atom. The molecule has 5 heteroatoms. The molecular weight excluding hydrogens is 254 g/mol. The maximum Gasteiger partial charge on any atom is 0.191 e. The quantitative estimate of drug-likeness (QED) is 0.386. The molecule has 0 aromatic heterocycles. The lowest BCUT2D eigenvalue weighted by atomic mass is 9.98. The highest BCUT2D eigenvalue weighted by Gasteiger charge is 2.12. The van der Waals surface area contributed by atoms with Gasteiger partial charge in [0.1, 0.15) is 0 Å². The Labute approximate surface area is 123 Å². The first-order valence-electron chi connectivity index (χ1n) is 7.99. The number of nitrogens with zero attached hydrogens (tertiary/aromatic N) is 1. The molecule has 5 nitrogen and oxygen atoms in total. The normalized spacial score (nSPS) is 17.2. The number of methoxy groups -OCH3 is 1. The van der Waals surface area contributed by atoms with Crippen LogP contribution >= 0.6 is 0 Å². The second kappa shape index (κ2) is 12.0. The summed E-state index contributed by atoms with van der Waals surface area (Å²) in [5.41, 5.74) is 0. The van der Waals surface area contributed by atoms with Gasteiger partial charge in [-0.25, -0.2) is 0 Å². The van der Waals surface area contributed by atoms with Gasteiger partial charge in [-0.2, -0.15) is 0 Å². The lowest BCUT2D eigenvalue weighted by Crippen LogP contribution is -2.39. The van der Waals surface area contributed by atoms with E-state index in [2.05, 4.69) is 22.5 Å². The van der Waals surface area contributed by atoms with E-state index < -0.39 is 0 Å². The first-order chi connectivity index (χ1) is 9.86. The summed E-state index contributed by atoms with van der Waals surface area (Å²) < 4.78 is 10.9. The Morgan fingerprint density at radius 2 is 1.95 bits per heavy atom. The number of guanidine groups is 1. The van der Waals surface area contributed by atoms with Crippen LogP contribution in [0.5, 0.6) is 0 Å². The Kier molecular flexibility index (Phi) is 10.3. The summed E-state index contributed by atoms with van der Waals surface area (Å²) >= 11 is 0. The molecule has 1 aliphatic carbocycles. The fourth-order valence-corrected chi connectivity index (χ4v) is 2.35. The SMILES string of the molecule is CCNC(=NCCCOC1CCCCC1)NCCOC. The predicted octanol–water partition coefficient (Wildman–Crippen LogP) is 1.93. The molecule has 2 N–H and O–H groups in total. The van der Waals surface area contributed by atoms with Crippen molar-refractivity contribution in [2.75, 3.05) is 40.0 Å². The van der Waals surface area contributed by atoms with Crippen LogP contribution in [0, 0.1) is 0 Å². The number of hydrogen-bond acceptors (Lipinski definition) is 3. The molecule has 0 saturated heterocycles. The van der Waals surface area contributed by atoms with Gasteiger partial charge in [0, 0.05) is 33.4 Å². The van der Waals surface area contributed by atoms with Crippen molar-refractivity contribution < 1.29 is 9.47 Å². The highest BCUT2D eigenvalue weighted by atomic mass is 16.5. The summed E-state index contributed by atoms with van der Waals surface area (Å²) in [5, 5.41) is 6.46. The minimum Gasteiger partial charge on any atom is -0.383 e. The standard InChI is InChI=1S/C15H31N3O2/c1-3-16-15(18-11-13-19-2)17-10-7-12-20-14-8-5-4-6-9-14/h14H,3-13H2,1-2H3,(H2,16,17,18). The number of ether oxygens (including phenoxy) is 2. The summed E-state index contributed by atoms with van der Waals surface area (Å²) in [7, 11) is 1.70. The number of rotatable bonds is 9. The van der Waals surface area contributed by atoms with Gasteiger partial charge in [0.15, 0.2) is 5.96 Å². The second-order valence-corrected chi connectivity index (χ2v) is 5.16. The molecule has 0 radical (unpaired) electrons. The molecule has 1 fully saturated rings. The minimum atomic E-state index is 0.501. The highest BCUT2D eigenvalue weighted by molar-refractivity contribution is 5.79. The Hall–Kier alpha value is -0.810. The van der Waals surface area contributed by atoms with Gasteiger partial charge in [0.2, 0.25) is 0 Å². The summed E-state index contributed by atoms with van der Waals surface area (Å²) in [5.74, 6) is 0.863. The van der Waals surface area contributed by atoms with Crippen LogP contribution in [0.4, 0.5) is 0 Å². The topological polar surface area (TPSA) is 54.9 Å². The fourth-order valence-electron chi connectivity index (χ4n) is 2.35. The van der Waals surface area contributed by atoms with Crippen LogP contribution in [0.15, 0.2) is 4.99 Å². The smallest absolute Gasteiger partial charge is 0.191 e. The molecule has 0 aromatic carbocycles. The number of aliphatic imine (C=N–C) groups is 1. The molecule has 1 rings (SSSR count). The van der Waals surface area contributed by atoms with E-state index in [1.54, 1.807) is 7.11 Å². The van der Waals surface area contributed by atoms with Crippen molar-refractivity contribution in [1.29, 1.82) is 0 Å². The summed E-state index contributed by atoms with van der Waals surface area (Å²) in [4.78, 5) is 4.53. The first-order valence-corrected chi connectivity index (χ1v) is 7.99. The van der Waals surface area contributed by atoms with Crippen LogP contribution in [-0.4, -0.2) is 52.0 Å². The van der Waals surface area contributed by atoms with Gasteiger partial charge in [-0.15, -0.1) is 0 Å². The van der Waals surface area contributed by atoms with Crippen molar-refractivity contribution in [3.8, 4) is 0 Å². The van der Waals surface area contributed by atoms with Crippen LogP contribution in [-0.2, 0) is 9.47 Å². The van der Waals surface area contributed by atoms with E-state index in [4.69, 9.17) is 9.47 Å². The van der Waals surface area contributed by atoms with Crippen molar-refractivity contribution in [2.24, 2.45) is 4.99 Å². The van der Waals surface area contributed by atoms with E-state index in [1.807, 2.05) is 0 Å². The number of nitrogens with one attached hydrogen (secondary N) is 2. The van der Waals surface area contributed by atoms with Gasteiger partial charge in [-0.05, 0) is 26.2 Å². The minimum absolute atomic E-state index is 0.501. The molecule has 0 amide bonds. The highest BCUT2D eigenvalue weighted by Crippen LogP contribution is 2.20. The maximum absolute atomic E-state index is 5.89. The van der Waals surface area contributed by atoms with Crippen LogP contribution in [0.3, 0.4) is 0 Å². The summed E-state index contributed by atoms with van der Waals surface area (Å²) in [6.07, 6.45) is 8.00. The zero-order valence-corrected chi connectivity index (χ0v) is 13.1. The molecule has 1 aliphatic rings. The van der Waals surface area contributed by atoms with E-state index in [9.17, 15) is 0 Å². The van der Waals surface area contributed by atoms with Gasteiger partial charge in [0.25, 0.3) is 0 Å². The van der Waals surface area contributed by atoms with Gasteiger partial charge in [0.05, 0.1) is 12.7 Å². The van der Waals surface area contributed by atoms with Crippen molar-refractivity contribution in [3.63, 3.8) is 0 Å². The van der Waals surface area contributed by atoms with Crippen LogP contribution in [0.1, 0.15) is 45.4 Å². The fraction of sp³-hybridized carbons (Fsp3) is 0.933. The molecule has 0 heterocycles. The van der Waals surface area contributed by atoms with E-state index in [0.29, 0.717) is 12.7 Å². The molecule has 0 unspecified atom stereocenters. The van der Waals surface area contributed by atoms with Crippen molar-refractivity contribution in [2.45, 2.75) is 51.6 Å². The average Bonchev–Trinajstić information content (AvgIpc) is 2.48. The first kappa shape index (κ1) is 17.2. The Morgan fingerprint density at radius 3 is 2.65 bits per heavy atom. The molecule has 20 heavy (non-hydrogen) atoms. The third-order valence-corrected chi connectivity index (χ3v) is 3.42. The van der Waals surface area contributed by atoms with E-state index in [-0.39, 0.29) is 0 Å². The Bertz CT molecular complexity index is 254. The van der Waals surface area contributed by atoms with Crippen molar-refractivity contribution in [3.05, 3.63) is 0 Å². The molecule has 0 bridgehead atoms. The third kappa shape index (κ3) is 8.38. The van der Waals surface area contributed by atoms with Crippen molar-refractivity contribution >= 4 is 5.96 Å². The maximum atomic E-state index is 5.89. The van der Waals surface area contributed by atoms with Crippen LogP contribution < -0.4 is 10.6 Å². The summed E-state index contributed by atoms with van der Waals surface area (Å²) in [6, 6.07) is 0. The lowest BCUT2D eigenvalue weighted by molar-refractivity contribution is 0.0281. The second-order valence-electron chi connectivity index (χ2n) is 5.16. The van der Waals surface area contributed by atoms with Crippen molar-refractivity contribution in [1.82, 2.24) is 10.6 Å². The zero-order chi connectivity index (χ0) is 14.5. The number of hydrogen-bond donors (Lipinski definition) is 2. The molecule has 0 aliphatic heterocycles. The van der Waals surface area contributed by atoms with Gasteiger partial charge < -0.3 is 20.1 Å². The van der Waals surface area contributed by atoms with Crippen LogP contribution in [0.25, 0.3) is 0 Å². The van der Waals surface area contributed by atoms with Gasteiger partial charge in [-0.1, -0.05) is 19.3 Å².